The summed E-state index contributed by atoms with van der Waals surface area (Å²) >= 11 is 0. The maximum Gasteiger partial charge on any atom is 0.119 e. The molecule has 0 amide bonds. The second-order valence-electron chi connectivity index (χ2n) is 7.47. The van der Waals surface area contributed by atoms with Crippen LogP contribution in [0.1, 0.15) is 28.5 Å². The van der Waals surface area contributed by atoms with Crippen molar-refractivity contribution in [1.82, 2.24) is 4.90 Å². The first-order valence-corrected chi connectivity index (χ1v) is 9.92. The average molecular weight is 388 g/mol. The Morgan fingerprint density at radius 3 is 2.21 bits per heavy atom. The highest BCUT2D eigenvalue weighted by molar-refractivity contribution is 5.44. The molecule has 3 nitrogen and oxygen atoms in total. The molecule has 2 atom stereocenters. The molecular weight excluding hydrogens is 358 g/mol. The summed E-state index contributed by atoms with van der Waals surface area (Å²) in [5, 5.41) is 10.1. The molecule has 0 aliphatic carbocycles. The van der Waals surface area contributed by atoms with Gasteiger partial charge in [-0.2, -0.15) is 0 Å². The number of benzene rings is 3. The van der Waals surface area contributed by atoms with Crippen LogP contribution < -0.4 is 4.74 Å². The van der Waals surface area contributed by atoms with Gasteiger partial charge in [0.25, 0.3) is 0 Å². The summed E-state index contributed by atoms with van der Waals surface area (Å²) in [6.07, 6.45) is 1.99. The fraction of sp³-hybridized carbons (Fsp3) is 0.231. The summed E-state index contributed by atoms with van der Waals surface area (Å²) in [6, 6.07) is 26.1. The molecule has 150 valence electrons. The highest BCUT2D eigenvalue weighted by atomic mass is 16.5. The third-order valence-electron chi connectivity index (χ3n) is 5.07. The number of rotatable bonds is 9. The van der Waals surface area contributed by atoms with Crippen LogP contribution in [0, 0.1) is 0 Å². The van der Waals surface area contributed by atoms with E-state index < -0.39 is 0 Å². The standard InChI is InChI=1S/C26H29NO2/c1-4-25(20-9-6-5-7-10-20)26(22-11-8-12-23(28)19-22)21-13-15-24(16-14-21)29-18-17-27(2)3/h4-16,19,25-26,28H,1,17-18H2,2-3H3. The fourth-order valence-corrected chi connectivity index (χ4v) is 3.58. The van der Waals surface area contributed by atoms with E-state index >= 15 is 0 Å². The summed E-state index contributed by atoms with van der Waals surface area (Å²) in [4.78, 5) is 2.10. The Bertz CT molecular complexity index is 904. The van der Waals surface area contributed by atoms with E-state index in [0.29, 0.717) is 6.61 Å². The van der Waals surface area contributed by atoms with Gasteiger partial charge < -0.3 is 14.7 Å². The Morgan fingerprint density at radius 2 is 1.59 bits per heavy atom. The van der Waals surface area contributed by atoms with Gasteiger partial charge >= 0.3 is 0 Å². The minimum atomic E-state index is 0.0397. The quantitative estimate of drug-likeness (QED) is 0.497. The largest absolute Gasteiger partial charge is 0.508 e. The van der Waals surface area contributed by atoms with Gasteiger partial charge in [-0.25, -0.2) is 0 Å². The first-order valence-electron chi connectivity index (χ1n) is 9.92. The molecule has 29 heavy (non-hydrogen) atoms. The number of ether oxygens (including phenoxy) is 1. The molecule has 3 heteroatoms. The van der Waals surface area contributed by atoms with Crippen LogP contribution in [0.3, 0.4) is 0 Å². The Balaban J connectivity index is 1.94. The zero-order valence-electron chi connectivity index (χ0n) is 17.2. The number of hydrogen-bond donors (Lipinski definition) is 1. The van der Waals surface area contributed by atoms with Gasteiger partial charge in [0.15, 0.2) is 0 Å². The van der Waals surface area contributed by atoms with E-state index in [-0.39, 0.29) is 17.6 Å². The van der Waals surface area contributed by atoms with Gasteiger partial charge in [0, 0.05) is 18.4 Å². The molecule has 1 N–H and O–H groups in total. The van der Waals surface area contributed by atoms with Crippen LogP contribution in [-0.2, 0) is 0 Å². The number of phenolic OH excluding ortho intramolecular Hbond substituents is 1. The zero-order chi connectivity index (χ0) is 20.6. The van der Waals surface area contributed by atoms with Crippen molar-refractivity contribution < 1.29 is 9.84 Å². The molecule has 3 aromatic carbocycles. The lowest BCUT2D eigenvalue weighted by Gasteiger charge is -2.26. The molecule has 2 unspecified atom stereocenters. The highest BCUT2D eigenvalue weighted by Crippen LogP contribution is 2.40. The second kappa shape index (κ2) is 9.94. The van der Waals surface area contributed by atoms with E-state index in [1.54, 1.807) is 6.07 Å². The normalized spacial score (nSPS) is 13.1. The van der Waals surface area contributed by atoms with Crippen LogP contribution in [0.25, 0.3) is 0 Å². The van der Waals surface area contributed by atoms with Gasteiger partial charge in [0.1, 0.15) is 18.1 Å². The van der Waals surface area contributed by atoms with E-state index in [2.05, 4.69) is 41.8 Å². The Labute approximate surface area is 173 Å². The van der Waals surface area contributed by atoms with E-state index in [0.717, 1.165) is 23.4 Å². The number of likely N-dealkylation sites (N-methyl/N-ethyl adjacent to an activating group) is 1. The topological polar surface area (TPSA) is 32.7 Å². The van der Waals surface area contributed by atoms with Gasteiger partial charge in [0.2, 0.25) is 0 Å². The molecule has 0 saturated heterocycles. The van der Waals surface area contributed by atoms with Crippen molar-refractivity contribution >= 4 is 0 Å². The fourth-order valence-electron chi connectivity index (χ4n) is 3.58. The summed E-state index contributed by atoms with van der Waals surface area (Å²) in [5.41, 5.74) is 3.41. The molecule has 3 aromatic rings. The molecule has 0 bridgehead atoms. The van der Waals surface area contributed by atoms with Crippen molar-refractivity contribution in [1.29, 1.82) is 0 Å². The molecule has 0 aliphatic heterocycles. The average Bonchev–Trinajstić information content (AvgIpc) is 2.73. The summed E-state index contributed by atoms with van der Waals surface area (Å²) in [5.74, 6) is 1.25. The van der Waals surface area contributed by atoms with E-state index in [9.17, 15) is 5.11 Å². The summed E-state index contributed by atoms with van der Waals surface area (Å²) in [7, 11) is 4.07. The molecule has 3 rings (SSSR count). The summed E-state index contributed by atoms with van der Waals surface area (Å²) in [6.45, 7) is 5.64. The first-order chi connectivity index (χ1) is 14.1. The van der Waals surface area contributed by atoms with E-state index in [4.69, 9.17) is 4.74 Å². The van der Waals surface area contributed by atoms with Gasteiger partial charge in [0.05, 0.1) is 0 Å². The highest BCUT2D eigenvalue weighted by Gasteiger charge is 2.24. The van der Waals surface area contributed by atoms with Crippen molar-refractivity contribution in [2.45, 2.75) is 11.8 Å². The maximum absolute atomic E-state index is 10.1. The molecule has 0 aliphatic rings. The predicted molar refractivity (Wildman–Crippen MR) is 120 cm³/mol. The lowest BCUT2D eigenvalue weighted by atomic mass is 9.77. The molecule has 0 fully saturated rings. The maximum atomic E-state index is 10.1. The lowest BCUT2D eigenvalue weighted by Crippen LogP contribution is -2.19. The first kappa shape index (κ1) is 20.7. The van der Waals surface area contributed by atoms with Crippen LogP contribution in [0.4, 0.5) is 0 Å². The third-order valence-corrected chi connectivity index (χ3v) is 5.07. The second-order valence-corrected chi connectivity index (χ2v) is 7.47. The number of nitrogens with zero attached hydrogens (tertiary/aromatic N) is 1. The van der Waals surface area contributed by atoms with Crippen molar-refractivity contribution in [3.05, 3.63) is 108 Å². The Morgan fingerprint density at radius 1 is 0.897 bits per heavy atom. The predicted octanol–water partition coefficient (Wildman–Crippen LogP) is 5.43. The van der Waals surface area contributed by atoms with Gasteiger partial charge in [-0.1, -0.05) is 60.7 Å². The zero-order valence-corrected chi connectivity index (χ0v) is 17.2. The summed E-state index contributed by atoms with van der Waals surface area (Å²) < 4.78 is 5.85. The Hall–Kier alpha value is -3.04. The minimum absolute atomic E-state index is 0.0397. The van der Waals surface area contributed by atoms with Gasteiger partial charge in [-0.05, 0) is 55.1 Å². The molecular formula is C26H29NO2. The molecule has 0 radical (unpaired) electrons. The van der Waals surface area contributed by atoms with Crippen molar-refractivity contribution in [2.75, 3.05) is 27.2 Å². The van der Waals surface area contributed by atoms with Gasteiger partial charge in [-0.3, -0.25) is 0 Å². The third kappa shape index (κ3) is 5.49. The van der Waals surface area contributed by atoms with Crippen LogP contribution in [-0.4, -0.2) is 37.3 Å². The minimum Gasteiger partial charge on any atom is -0.508 e. The molecule has 0 spiro atoms. The van der Waals surface area contributed by atoms with Gasteiger partial charge in [-0.15, -0.1) is 6.58 Å². The SMILES string of the molecule is C=CC(c1ccccc1)C(c1ccc(OCCN(C)C)cc1)c1cccc(O)c1. The van der Waals surface area contributed by atoms with Crippen molar-refractivity contribution in [2.24, 2.45) is 0 Å². The number of hydrogen-bond acceptors (Lipinski definition) is 3. The monoisotopic (exact) mass is 387 g/mol. The van der Waals surface area contributed by atoms with Crippen LogP contribution in [0.2, 0.25) is 0 Å². The van der Waals surface area contributed by atoms with Crippen LogP contribution >= 0.6 is 0 Å². The van der Waals surface area contributed by atoms with Crippen LogP contribution in [0.15, 0.2) is 91.5 Å². The van der Waals surface area contributed by atoms with Crippen molar-refractivity contribution in [3.63, 3.8) is 0 Å². The van der Waals surface area contributed by atoms with E-state index in [1.807, 2.05) is 62.6 Å². The molecule has 0 saturated carbocycles. The smallest absolute Gasteiger partial charge is 0.119 e. The number of aromatic hydroxyl groups is 1. The van der Waals surface area contributed by atoms with Crippen molar-refractivity contribution in [3.8, 4) is 11.5 Å². The van der Waals surface area contributed by atoms with E-state index in [1.165, 1.54) is 5.56 Å². The molecule has 0 heterocycles. The molecule has 0 aromatic heterocycles. The van der Waals surface area contributed by atoms with Crippen LogP contribution in [0.5, 0.6) is 11.5 Å². The Kier molecular flexibility index (Phi) is 7.09. The lowest BCUT2D eigenvalue weighted by molar-refractivity contribution is 0.261. The number of phenols is 1. The number of allylic oxidation sites excluding steroid dienone is 1.